The predicted molar refractivity (Wildman–Crippen MR) is 93.9 cm³/mol. The van der Waals surface area contributed by atoms with Gasteiger partial charge in [0, 0.05) is 6.42 Å². The Labute approximate surface area is 145 Å². The summed E-state index contributed by atoms with van der Waals surface area (Å²) in [6.45, 7) is 3.53. The van der Waals surface area contributed by atoms with Gasteiger partial charge in [0.2, 0.25) is 5.79 Å². The first-order chi connectivity index (χ1) is 11.6. The summed E-state index contributed by atoms with van der Waals surface area (Å²) >= 11 is 0. The lowest BCUT2D eigenvalue weighted by Crippen LogP contribution is -2.51. The van der Waals surface area contributed by atoms with Gasteiger partial charge in [-0.05, 0) is 25.0 Å². The van der Waals surface area contributed by atoms with Crippen LogP contribution in [0.15, 0.2) is 30.3 Å². The van der Waals surface area contributed by atoms with Gasteiger partial charge in [0.05, 0.1) is 13.2 Å². The van der Waals surface area contributed by atoms with Crippen molar-refractivity contribution in [3.8, 4) is 5.75 Å². The number of benzene rings is 1. The Hall–Kier alpha value is -1.14. The molecule has 0 heterocycles. The van der Waals surface area contributed by atoms with Gasteiger partial charge in [-0.3, -0.25) is 0 Å². The van der Waals surface area contributed by atoms with Crippen molar-refractivity contribution in [2.24, 2.45) is 0 Å². The monoisotopic (exact) mass is 340 g/mol. The third-order valence-corrected chi connectivity index (χ3v) is 4.04. The van der Waals surface area contributed by atoms with Gasteiger partial charge in [0.25, 0.3) is 0 Å². The fraction of sp³-hybridized carbons (Fsp3) is 0.684. The number of rotatable bonds is 13. The molecule has 0 aromatic heterocycles. The van der Waals surface area contributed by atoms with E-state index in [1.807, 2.05) is 37.3 Å². The highest BCUT2D eigenvalue weighted by atomic mass is 16.7. The zero-order valence-corrected chi connectivity index (χ0v) is 14.9. The van der Waals surface area contributed by atoms with Crippen LogP contribution >= 0.6 is 0 Å². The van der Waals surface area contributed by atoms with Gasteiger partial charge in [-0.15, -0.1) is 0 Å². The molecule has 0 saturated carbocycles. The topological polar surface area (TPSA) is 79.2 Å². The molecule has 0 radical (unpaired) electrons. The van der Waals surface area contributed by atoms with Crippen LogP contribution in [0.4, 0.5) is 0 Å². The first-order valence-electron chi connectivity index (χ1n) is 8.93. The van der Waals surface area contributed by atoms with Crippen molar-refractivity contribution in [3.63, 3.8) is 0 Å². The Morgan fingerprint density at radius 2 is 1.75 bits per heavy atom. The van der Waals surface area contributed by atoms with Gasteiger partial charge in [-0.2, -0.15) is 0 Å². The molecule has 0 saturated heterocycles. The van der Waals surface area contributed by atoms with E-state index in [-0.39, 0.29) is 13.2 Å². The van der Waals surface area contributed by atoms with Crippen LogP contribution in [0.5, 0.6) is 5.75 Å². The number of para-hydroxylation sites is 1. The molecule has 0 amide bonds. The molecule has 138 valence electrons. The van der Waals surface area contributed by atoms with Gasteiger partial charge in [0.1, 0.15) is 18.0 Å². The highest BCUT2D eigenvalue weighted by Gasteiger charge is 2.41. The van der Waals surface area contributed by atoms with Crippen LogP contribution in [0.2, 0.25) is 0 Å². The summed E-state index contributed by atoms with van der Waals surface area (Å²) in [5.41, 5.74) is 0. The van der Waals surface area contributed by atoms with E-state index in [0.29, 0.717) is 18.6 Å². The fourth-order valence-electron chi connectivity index (χ4n) is 2.57. The van der Waals surface area contributed by atoms with Crippen LogP contribution in [0.25, 0.3) is 0 Å². The smallest absolute Gasteiger partial charge is 0.236 e. The molecular formula is C19H32O5. The number of hydrogen-bond acceptors (Lipinski definition) is 5. The summed E-state index contributed by atoms with van der Waals surface area (Å²) in [5, 5.41) is 29.2. The second-order valence-corrected chi connectivity index (χ2v) is 6.11. The number of unbranched alkanes of at least 4 members (excludes halogenated alkanes) is 3. The van der Waals surface area contributed by atoms with Gasteiger partial charge >= 0.3 is 0 Å². The predicted octanol–water partition coefficient (Wildman–Crippen LogP) is 2.87. The maximum absolute atomic E-state index is 10.6. The molecule has 1 aromatic carbocycles. The minimum Gasteiger partial charge on any atom is -0.460 e. The third-order valence-electron chi connectivity index (χ3n) is 4.04. The summed E-state index contributed by atoms with van der Waals surface area (Å²) < 4.78 is 11.9. The highest BCUT2D eigenvalue weighted by Crippen LogP contribution is 2.30. The molecule has 0 spiro atoms. The molecule has 5 heteroatoms. The Bertz CT molecular complexity index is 425. The zero-order valence-electron chi connectivity index (χ0n) is 14.9. The van der Waals surface area contributed by atoms with Crippen LogP contribution in [-0.2, 0) is 4.74 Å². The van der Waals surface area contributed by atoms with E-state index in [0.717, 1.165) is 25.7 Å². The highest BCUT2D eigenvalue weighted by molar-refractivity contribution is 5.22. The van der Waals surface area contributed by atoms with Crippen molar-refractivity contribution >= 4 is 0 Å². The van der Waals surface area contributed by atoms with Crippen molar-refractivity contribution in [1.29, 1.82) is 0 Å². The first kappa shape index (κ1) is 20.9. The minimum absolute atomic E-state index is 0.0891. The summed E-state index contributed by atoms with van der Waals surface area (Å²) in [5.74, 6) is -0.612. The second kappa shape index (κ2) is 11.4. The first-order valence-corrected chi connectivity index (χ1v) is 8.93. The molecular weight excluding hydrogens is 308 g/mol. The zero-order chi connectivity index (χ0) is 17.8. The Morgan fingerprint density at radius 1 is 1.04 bits per heavy atom. The number of hydrogen-bond donors (Lipinski definition) is 3. The number of aliphatic hydroxyl groups excluding tert-OH is 3. The molecule has 24 heavy (non-hydrogen) atoms. The summed E-state index contributed by atoms with van der Waals surface area (Å²) in [4.78, 5) is 0. The van der Waals surface area contributed by atoms with E-state index in [2.05, 4.69) is 6.92 Å². The van der Waals surface area contributed by atoms with Crippen molar-refractivity contribution < 1.29 is 24.8 Å². The molecule has 3 N–H and O–H groups in total. The third kappa shape index (κ3) is 6.77. The average molecular weight is 340 g/mol. The molecule has 0 bridgehead atoms. The SMILES string of the molecule is CCCCCCC(OCC(O)CO)(Oc1ccccc1)C(O)CC. The Morgan fingerprint density at radius 3 is 2.33 bits per heavy atom. The standard InChI is InChI=1S/C19H32O5/c1-3-5-6-10-13-19(18(22)4-2,23-15-16(21)14-20)24-17-11-8-7-9-12-17/h7-9,11-12,16,18,20-22H,3-6,10,13-15H2,1-2H3. The Balaban J connectivity index is 2.92. The molecule has 0 aliphatic heterocycles. The average Bonchev–Trinajstić information content (AvgIpc) is 2.62. The van der Waals surface area contributed by atoms with E-state index in [4.69, 9.17) is 14.6 Å². The lowest BCUT2D eigenvalue weighted by molar-refractivity contribution is -0.253. The molecule has 3 atom stereocenters. The van der Waals surface area contributed by atoms with Crippen molar-refractivity contribution in [1.82, 2.24) is 0 Å². The van der Waals surface area contributed by atoms with Crippen molar-refractivity contribution in [3.05, 3.63) is 30.3 Å². The molecule has 1 rings (SSSR count). The van der Waals surface area contributed by atoms with E-state index in [1.165, 1.54) is 0 Å². The number of aliphatic hydroxyl groups is 3. The van der Waals surface area contributed by atoms with Crippen molar-refractivity contribution in [2.45, 2.75) is 70.4 Å². The molecule has 3 unspecified atom stereocenters. The van der Waals surface area contributed by atoms with E-state index >= 15 is 0 Å². The molecule has 5 nitrogen and oxygen atoms in total. The maximum Gasteiger partial charge on any atom is 0.236 e. The molecule has 0 fully saturated rings. The fourth-order valence-corrected chi connectivity index (χ4v) is 2.57. The normalized spacial score (nSPS) is 16.4. The van der Waals surface area contributed by atoms with Crippen LogP contribution in [-0.4, -0.2) is 46.5 Å². The molecule has 0 aliphatic carbocycles. The van der Waals surface area contributed by atoms with E-state index in [1.54, 1.807) is 0 Å². The van der Waals surface area contributed by atoms with Crippen LogP contribution < -0.4 is 4.74 Å². The van der Waals surface area contributed by atoms with Crippen LogP contribution in [0.1, 0.15) is 52.4 Å². The lowest BCUT2D eigenvalue weighted by atomic mass is 9.99. The van der Waals surface area contributed by atoms with Crippen LogP contribution in [0, 0.1) is 0 Å². The summed E-state index contributed by atoms with van der Waals surface area (Å²) in [6.07, 6.45) is 3.28. The number of ether oxygens (including phenoxy) is 2. The van der Waals surface area contributed by atoms with Gasteiger partial charge < -0.3 is 24.8 Å². The quantitative estimate of drug-likeness (QED) is 0.380. The van der Waals surface area contributed by atoms with E-state index < -0.39 is 18.0 Å². The van der Waals surface area contributed by atoms with Gasteiger partial charge in [-0.1, -0.05) is 51.3 Å². The summed E-state index contributed by atoms with van der Waals surface area (Å²) in [6, 6.07) is 9.24. The Kier molecular flexibility index (Phi) is 9.95. The lowest BCUT2D eigenvalue weighted by Gasteiger charge is -2.38. The van der Waals surface area contributed by atoms with Crippen LogP contribution in [0.3, 0.4) is 0 Å². The summed E-state index contributed by atoms with van der Waals surface area (Å²) in [7, 11) is 0. The minimum atomic E-state index is -1.22. The largest absolute Gasteiger partial charge is 0.460 e. The molecule has 1 aromatic rings. The maximum atomic E-state index is 10.6. The molecule has 0 aliphatic rings. The van der Waals surface area contributed by atoms with Gasteiger partial charge in [0.15, 0.2) is 0 Å². The van der Waals surface area contributed by atoms with Crippen molar-refractivity contribution in [2.75, 3.05) is 13.2 Å². The van der Waals surface area contributed by atoms with Gasteiger partial charge in [-0.25, -0.2) is 0 Å². The second-order valence-electron chi connectivity index (χ2n) is 6.11. The van der Waals surface area contributed by atoms with E-state index in [9.17, 15) is 10.2 Å².